The third-order valence-corrected chi connectivity index (χ3v) is 5.19. The van der Waals surface area contributed by atoms with E-state index in [2.05, 4.69) is 40.5 Å². The molecule has 1 saturated heterocycles. The van der Waals surface area contributed by atoms with Crippen molar-refractivity contribution in [3.05, 3.63) is 30.3 Å². The highest BCUT2D eigenvalue weighted by molar-refractivity contribution is 5.76. The Hall–Kier alpha value is -1.51. The maximum Gasteiger partial charge on any atom is 0.220 e. The zero-order chi connectivity index (χ0) is 15.2. The molecule has 2 aliphatic rings. The van der Waals surface area contributed by atoms with Gasteiger partial charge in [-0.25, -0.2) is 0 Å². The van der Waals surface area contributed by atoms with Gasteiger partial charge < -0.3 is 10.2 Å². The molecule has 0 aromatic heterocycles. The molecule has 0 unspecified atom stereocenters. The number of para-hydroxylation sites is 1. The highest BCUT2D eigenvalue weighted by Gasteiger charge is 2.23. The van der Waals surface area contributed by atoms with E-state index in [9.17, 15) is 4.79 Å². The second-order valence-electron chi connectivity index (χ2n) is 6.95. The third kappa shape index (κ3) is 4.25. The van der Waals surface area contributed by atoms with Gasteiger partial charge in [0.15, 0.2) is 0 Å². The van der Waals surface area contributed by atoms with Crippen LogP contribution in [0.25, 0.3) is 0 Å². The van der Waals surface area contributed by atoms with Crippen molar-refractivity contribution in [1.82, 2.24) is 5.32 Å². The van der Waals surface area contributed by atoms with Crippen molar-refractivity contribution in [2.24, 2.45) is 11.8 Å². The average molecular weight is 300 g/mol. The largest absolute Gasteiger partial charge is 0.371 e. The predicted octanol–water partition coefficient (Wildman–Crippen LogP) is 3.60. The molecule has 3 nitrogen and oxygen atoms in total. The fourth-order valence-corrected chi connectivity index (χ4v) is 3.86. The van der Waals surface area contributed by atoms with Gasteiger partial charge in [0.2, 0.25) is 5.91 Å². The quantitative estimate of drug-likeness (QED) is 0.901. The molecule has 1 atom stereocenters. The number of hydrogen-bond acceptors (Lipinski definition) is 2. The molecule has 1 aromatic carbocycles. The summed E-state index contributed by atoms with van der Waals surface area (Å²) in [5, 5.41) is 3.18. The van der Waals surface area contributed by atoms with Crippen molar-refractivity contribution in [1.29, 1.82) is 0 Å². The molecular formula is C19H28N2O. The summed E-state index contributed by atoms with van der Waals surface area (Å²) in [6.45, 7) is 3.01. The Bertz CT molecular complexity index is 468. The van der Waals surface area contributed by atoms with Gasteiger partial charge in [0, 0.05) is 31.7 Å². The smallest absolute Gasteiger partial charge is 0.220 e. The summed E-state index contributed by atoms with van der Waals surface area (Å²) >= 11 is 0. The van der Waals surface area contributed by atoms with Gasteiger partial charge in [0.1, 0.15) is 0 Å². The molecule has 1 aromatic rings. The lowest BCUT2D eigenvalue weighted by atomic mass is 9.87. The van der Waals surface area contributed by atoms with Crippen molar-refractivity contribution in [2.45, 2.75) is 44.9 Å². The first-order valence-electron chi connectivity index (χ1n) is 8.88. The lowest BCUT2D eigenvalue weighted by Gasteiger charge is -2.21. The molecule has 1 heterocycles. The molecule has 0 bridgehead atoms. The Morgan fingerprint density at radius 2 is 1.82 bits per heavy atom. The van der Waals surface area contributed by atoms with E-state index >= 15 is 0 Å². The number of nitrogens with one attached hydrogen (secondary N) is 1. The van der Waals surface area contributed by atoms with Gasteiger partial charge in [0.05, 0.1) is 0 Å². The maximum absolute atomic E-state index is 12.1. The Morgan fingerprint density at radius 1 is 1.05 bits per heavy atom. The van der Waals surface area contributed by atoms with Crippen LogP contribution in [0, 0.1) is 11.8 Å². The van der Waals surface area contributed by atoms with Crippen LogP contribution in [-0.4, -0.2) is 25.5 Å². The summed E-state index contributed by atoms with van der Waals surface area (Å²) in [5.41, 5.74) is 1.30. The van der Waals surface area contributed by atoms with Crippen LogP contribution in [0.5, 0.6) is 0 Å². The fourth-order valence-electron chi connectivity index (χ4n) is 3.86. The molecule has 0 radical (unpaired) electrons. The van der Waals surface area contributed by atoms with Gasteiger partial charge in [-0.3, -0.25) is 4.79 Å². The van der Waals surface area contributed by atoms with E-state index < -0.39 is 0 Å². The fraction of sp³-hybridized carbons (Fsp3) is 0.632. The Morgan fingerprint density at radius 3 is 2.59 bits per heavy atom. The highest BCUT2D eigenvalue weighted by atomic mass is 16.1. The van der Waals surface area contributed by atoms with Gasteiger partial charge >= 0.3 is 0 Å². The molecule has 2 fully saturated rings. The topological polar surface area (TPSA) is 32.3 Å². The van der Waals surface area contributed by atoms with E-state index in [1.165, 1.54) is 44.2 Å². The van der Waals surface area contributed by atoms with Gasteiger partial charge in [-0.15, -0.1) is 0 Å². The second kappa shape index (κ2) is 7.66. The van der Waals surface area contributed by atoms with E-state index in [1.807, 2.05) is 0 Å². The van der Waals surface area contributed by atoms with Crippen LogP contribution in [-0.2, 0) is 4.79 Å². The van der Waals surface area contributed by atoms with Crippen LogP contribution in [0.3, 0.4) is 0 Å². The van der Waals surface area contributed by atoms with Crippen LogP contribution in [0.2, 0.25) is 0 Å². The van der Waals surface area contributed by atoms with E-state index in [4.69, 9.17) is 0 Å². The number of carbonyl (C=O) groups excluding carboxylic acids is 1. The van der Waals surface area contributed by atoms with Crippen LogP contribution in [0.15, 0.2) is 30.3 Å². The predicted molar refractivity (Wildman–Crippen MR) is 91.0 cm³/mol. The Labute approximate surface area is 134 Å². The van der Waals surface area contributed by atoms with Gasteiger partial charge in [-0.05, 0) is 43.2 Å². The summed E-state index contributed by atoms with van der Waals surface area (Å²) in [6, 6.07) is 10.6. The number of rotatable bonds is 5. The van der Waals surface area contributed by atoms with E-state index in [-0.39, 0.29) is 5.91 Å². The highest BCUT2D eigenvalue weighted by Crippen LogP contribution is 2.26. The second-order valence-corrected chi connectivity index (χ2v) is 6.95. The van der Waals surface area contributed by atoms with Gasteiger partial charge in [-0.1, -0.05) is 37.5 Å². The molecule has 22 heavy (non-hydrogen) atoms. The van der Waals surface area contributed by atoms with Crippen LogP contribution in [0.4, 0.5) is 5.69 Å². The van der Waals surface area contributed by atoms with Crippen molar-refractivity contribution in [3.8, 4) is 0 Å². The van der Waals surface area contributed by atoms with E-state index in [0.29, 0.717) is 11.8 Å². The van der Waals surface area contributed by atoms with Crippen LogP contribution in [0.1, 0.15) is 44.9 Å². The van der Waals surface area contributed by atoms with Crippen molar-refractivity contribution < 1.29 is 4.79 Å². The number of hydrogen-bond donors (Lipinski definition) is 1. The Balaban J connectivity index is 1.38. The number of amides is 1. The normalized spacial score (nSPS) is 22.7. The summed E-state index contributed by atoms with van der Waals surface area (Å²) < 4.78 is 0. The van der Waals surface area contributed by atoms with Crippen molar-refractivity contribution in [2.75, 3.05) is 24.5 Å². The van der Waals surface area contributed by atoms with Crippen LogP contribution >= 0.6 is 0 Å². The third-order valence-electron chi connectivity index (χ3n) is 5.19. The molecular weight excluding hydrogens is 272 g/mol. The SMILES string of the molecule is O=C(CC1CCCCC1)NC[C@@H]1CCN(c2ccccc2)C1. The number of anilines is 1. The first kappa shape index (κ1) is 15.4. The summed E-state index contributed by atoms with van der Waals surface area (Å²) in [7, 11) is 0. The first-order valence-corrected chi connectivity index (χ1v) is 8.88. The molecule has 0 spiro atoms. The van der Waals surface area contributed by atoms with Crippen molar-refractivity contribution in [3.63, 3.8) is 0 Å². The molecule has 120 valence electrons. The van der Waals surface area contributed by atoms with Gasteiger partial charge in [-0.2, -0.15) is 0 Å². The monoisotopic (exact) mass is 300 g/mol. The molecule has 1 aliphatic carbocycles. The zero-order valence-corrected chi connectivity index (χ0v) is 13.5. The number of benzene rings is 1. The summed E-state index contributed by atoms with van der Waals surface area (Å²) in [5.74, 6) is 1.50. The molecule has 1 N–H and O–H groups in total. The van der Waals surface area contributed by atoms with E-state index in [0.717, 1.165) is 26.1 Å². The molecule has 1 aliphatic heterocycles. The zero-order valence-electron chi connectivity index (χ0n) is 13.5. The standard InChI is InChI=1S/C19H28N2O/c22-19(13-16-7-3-1-4-8-16)20-14-17-11-12-21(15-17)18-9-5-2-6-10-18/h2,5-6,9-10,16-17H,1,3-4,7-8,11-15H2,(H,20,22)/t17-/m0/s1. The molecule has 1 amide bonds. The molecule has 1 saturated carbocycles. The lowest BCUT2D eigenvalue weighted by Crippen LogP contribution is -2.32. The van der Waals surface area contributed by atoms with Gasteiger partial charge in [0.25, 0.3) is 0 Å². The Kier molecular flexibility index (Phi) is 5.36. The average Bonchev–Trinajstić information content (AvgIpc) is 3.04. The summed E-state index contributed by atoms with van der Waals surface area (Å²) in [6.07, 6.45) is 8.40. The lowest BCUT2D eigenvalue weighted by molar-refractivity contribution is -0.122. The van der Waals surface area contributed by atoms with E-state index in [1.54, 1.807) is 0 Å². The first-order chi connectivity index (χ1) is 10.8. The molecule has 3 heteroatoms. The minimum absolute atomic E-state index is 0.269. The number of carbonyl (C=O) groups is 1. The molecule has 3 rings (SSSR count). The summed E-state index contributed by atoms with van der Waals surface area (Å²) in [4.78, 5) is 14.5. The maximum atomic E-state index is 12.1. The van der Waals surface area contributed by atoms with Crippen molar-refractivity contribution >= 4 is 11.6 Å². The van der Waals surface area contributed by atoms with Crippen LogP contribution < -0.4 is 10.2 Å². The number of nitrogens with zero attached hydrogens (tertiary/aromatic N) is 1. The minimum Gasteiger partial charge on any atom is -0.371 e. The minimum atomic E-state index is 0.269.